The number of nitrogens with two attached hydrogens (primary N) is 2. The first-order valence-corrected chi connectivity index (χ1v) is 6.09. The Bertz CT molecular complexity index is 581. The monoisotopic (exact) mass is 255 g/mol. The second-order valence-corrected chi connectivity index (χ2v) is 4.37. The van der Waals surface area contributed by atoms with E-state index < -0.39 is 5.91 Å². The van der Waals surface area contributed by atoms with Crippen LogP contribution < -0.4 is 16.8 Å². The van der Waals surface area contributed by atoms with E-state index in [0.717, 1.165) is 16.8 Å². The van der Waals surface area contributed by atoms with E-state index in [0.29, 0.717) is 18.7 Å². The number of hydrogen-bond donors (Lipinski definition) is 3. The fraction of sp³-hybridized carbons (Fsp3) is 0.133. The van der Waals surface area contributed by atoms with Crippen LogP contribution in [0, 0.1) is 0 Å². The molecule has 0 aliphatic heterocycles. The number of carbonyl (C=O) groups is 1. The molecule has 1 amide bonds. The molecule has 0 aliphatic carbocycles. The van der Waals surface area contributed by atoms with Crippen LogP contribution >= 0.6 is 0 Å². The van der Waals surface area contributed by atoms with E-state index >= 15 is 0 Å². The third-order valence-corrected chi connectivity index (χ3v) is 2.91. The summed E-state index contributed by atoms with van der Waals surface area (Å²) in [6, 6.07) is 15.0. The Morgan fingerprint density at radius 3 is 2.58 bits per heavy atom. The van der Waals surface area contributed by atoms with Crippen molar-refractivity contribution >= 4 is 11.6 Å². The number of anilines is 1. The molecular weight excluding hydrogens is 238 g/mol. The van der Waals surface area contributed by atoms with E-state index in [-0.39, 0.29) is 0 Å². The van der Waals surface area contributed by atoms with Gasteiger partial charge in [-0.1, -0.05) is 30.3 Å². The number of primary amides is 1. The number of hydrogen-bond acceptors (Lipinski definition) is 3. The number of amides is 1. The van der Waals surface area contributed by atoms with E-state index in [1.54, 1.807) is 12.1 Å². The van der Waals surface area contributed by atoms with Crippen LogP contribution in [-0.4, -0.2) is 5.91 Å². The lowest BCUT2D eigenvalue weighted by Gasteiger charge is -2.08. The van der Waals surface area contributed by atoms with Crippen LogP contribution in [0.2, 0.25) is 0 Å². The van der Waals surface area contributed by atoms with Crippen molar-refractivity contribution in [3.05, 3.63) is 65.2 Å². The van der Waals surface area contributed by atoms with Crippen LogP contribution in [0.1, 0.15) is 21.5 Å². The van der Waals surface area contributed by atoms with Crippen molar-refractivity contribution < 1.29 is 4.79 Å². The SMILES string of the molecule is NC(=O)c1cccc(CNCc2ccccc2N)c1. The summed E-state index contributed by atoms with van der Waals surface area (Å²) in [5.41, 5.74) is 14.5. The van der Waals surface area contributed by atoms with E-state index in [4.69, 9.17) is 11.5 Å². The molecule has 0 radical (unpaired) electrons. The molecule has 2 aromatic carbocycles. The molecule has 2 rings (SSSR count). The van der Waals surface area contributed by atoms with Gasteiger partial charge < -0.3 is 16.8 Å². The molecule has 0 atom stereocenters. The Morgan fingerprint density at radius 1 is 1.05 bits per heavy atom. The van der Waals surface area contributed by atoms with Gasteiger partial charge in [-0.2, -0.15) is 0 Å². The van der Waals surface area contributed by atoms with Gasteiger partial charge in [0.25, 0.3) is 0 Å². The molecule has 4 heteroatoms. The first kappa shape index (κ1) is 13.1. The molecule has 0 saturated carbocycles. The maximum Gasteiger partial charge on any atom is 0.248 e. The third-order valence-electron chi connectivity index (χ3n) is 2.91. The van der Waals surface area contributed by atoms with E-state index in [2.05, 4.69) is 5.32 Å². The lowest BCUT2D eigenvalue weighted by Crippen LogP contribution is -2.15. The van der Waals surface area contributed by atoms with Crippen molar-refractivity contribution in [3.8, 4) is 0 Å². The van der Waals surface area contributed by atoms with Crippen LogP contribution in [-0.2, 0) is 13.1 Å². The minimum atomic E-state index is -0.408. The van der Waals surface area contributed by atoms with Crippen molar-refractivity contribution in [1.82, 2.24) is 5.32 Å². The molecule has 0 heterocycles. The summed E-state index contributed by atoms with van der Waals surface area (Å²) in [6.45, 7) is 1.35. The van der Waals surface area contributed by atoms with E-state index in [1.165, 1.54) is 0 Å². The van der Waals surface area contributed by atoms with Crippen LogP contribution in [0.5, 0.6) is 0 Å². The van der Waals surface area contributed by atoms with Gasteiger partial charge in [0.2, 0.25) is 5.91 Å². The minimum Gasteiger partial charge on any atom is -0.398 e. The summed E-state index contributed by atoms with van der Waals surface area (Å²) in [4.78, 5) is 11.1. The highest BCUT2D eigenvalue weighted by molar-refractivity contribution is 5.92. The first-order chi connectivity index (χ1) is 9.16. The lowest BCUT2D eigenvalue weighted by molar-refractivity contribution is 0.1000. The van der Waals surface area contributed by atoms with Gasteiger partial charge >= 0.3 is 0 Å². The number of nitrogen functional groups attached to an aromatic ring is 1. The molecule has 0 unspecified atom stereocenters. The Morgan fingerprint density at radius 2 is 1.84 bits per heavy atom. The molecule has 0 bridgehead atoms. The normalized spacial score (nSPS) is 10.3. The highest BCUT2D eigenvalue weighted by Gasteiger charge is 2.01. The average Bonchev–Trinajstić information content (AvgIpc) is 2.41. The number of nitrogens with one attached hydrogen (secondary N) is 1. The topological polar surface area (TPSA) is 81.1 Å². The number of carbonyl (C=O) groups excluding carboxylic acids is 1. The van der Waals surface area contributed by atoms with Gasteiger partial charge in [-0.25, -0.2) is 0 Å². The van der Waals surface area contributed by atoms with Crippen LogP contribution in [0.4, 0.5) is 5.69 Å². The van der Waals surface area contributed by atoms with Crippen molar-refractivity contribution in [3.63, 3.8) is 0 Å². The summed E-state index contributed by atoms with van der Waals surface area (Å²) in [6.07, 6.45) is 0. The number of benzene rings is 2. The maximum atomic E-state index is 11.1. The first-order valence-electron chi connectivity index (χ1n) is 6.09. The summed E-state index contributed by atoms with van der Waals surface area (Å²) >= 11 is 0. The van der Waals surface area contributed by atoms with E-state index in [1.807, 2.05) is 36.4 Å². The summed E-state index contributed by atoms with van der Waals surface area (Å²) in [5.74, 6) is -0.408. The highest BCUT2D eigenvalue weighted by atomic mass is 16.1. The van der Waals surface area contributed by atoms with Crippen molar-refractivity contribution in [2.75, 3.05) is 5.73 Å². The predicted molar refractivity (Wildman–Crippen MR) is 76.4 cm³/mol. The van der Waals surface area contributed by atoms with Gasteiger partial charge in [0.1, 0.15) is 0 Å². The maximum absolute atomic E-state index is 11.1. The largest absolute Gasteiger partial charge is 0.398 e. The zero-order valence-corrected chi connectivity index (χ0v) is 10.6. The smallest absolute Gasteiger partial charge is 0.248 e. The standard InChI is InChI=1S/C15H17N3O/c16-14-7-2-1-5-13(14)10-18-9-11-4-3-6-12(8-11)15(17)19/h1-8,18H,9-10,16H2,(H2,17,19). The zero-order chi connectivity index (χ0) is 13.7. The van der Waals surface area contributed by atoms with Gasteiger partial charge in [-0.05, 0) is 29.3 Å². The molecule has 0 aliphatic rings. The fourth-order valence-corrected chi connectivity index (χ4v) is 1.87. The molecule has 98 valence electrons. The summed E-state index contributed by atoms with van der Waals surface area (Å²) in [7, 11) is 0. The lowest BCUT2D eigenvalue weighted by atomic mass is 10.1. The summed E-state index contributed by atoms with van der Waals surface area (Å²) in [5, 5.41) is 3.29. The Kier molecular flexibility index (Phi) is 4.15. The molecule has 0 fully saturated rings. The van der Waals surface area contributed by atoms with Gasteiger partial charge in [-0.15, -0.1) is 0 Å². The Labute approximate surface area is 112 Å². The van der Waals surface area contributed by atoms with Gasteiger partial charge in [0.05, 0.1) is 0 Å². The fourth-order valence-electron chi connectivity index (χ4n) is 1.87. The second-order valence-electron chi connectivity index (χ2n) is 4.37. The molecule has 19 heavy (non-hydrogen) atoms. The van der Waals surface area contributed by atoms with Gasteiger partial charge in [0, 0.05) is 24.3 Å². The number of rotatable bonds is 5. The van der Waals surface area contributed by atoms with Crippen molar-refractivity contribution in [1.29, 1.82) is 0 Å². The van der Waals surface area contributed by atoms with Crippen molar-refractivity contribution in [2.24, 2.45) is 5.73 Å². The van der Waals surface area contributed by atoms with Crippen LogP contribution in [0.15, 0.2) is 48.5 Å². The Hall–Kier alpha value is -2.33. The average molecular weight is 255 g/mol. The molecule has 2 aromatic rings. The highest BCUT2D eigenvalue weighted by Crippen LogP contribution is 2.10. The predicted octanol–water partition coefficient (Wildman–Crippen LogP) is 1.66. The second kappa shape index (κ2) is 6.02. The van der Waals surface area contributed by atoms with Crippen LogP contribution in [0.3, 0.4) is 0 Å². The van der Waals surface area contributed by atoms with Gasteiger partial charge in [0.15, 0.2) is 0 Å². The minimum absolute atomic E-state index is 0.408. The number of para-hydroxylation sites is 1. The third kappa shape index (κ3) is 3.56. The van der Waals surface area contributed by atoms with Crippen LogP contribution in [0.25, 0.3) is 0 Å². The van der Waals surface area contributed by atoms with E-state index in [9.17, 15) is 4.79 Å². The molecule has 0 spiro atoms. The van der Waals surface area contributed by atoms with Crippen molar-refractivity contribution in [2.45, 2.75) is 13.1 Å². The molecule has 0 saturated heterocycles. The molecule has 4 nitrogen and oxygen atoms in total. The molecule has 5 N–H and O–H groups in total. The Balaban J connectivity index is 1.94. The quantitative estimate of drug-likeness (QED) is 0.711. The summed E-state index contributed by atoms with van der Waals surface area (Å²) < 4.78 is 0. The molecular formula is C15H17N3O. The zero-order valence-electron chi connectivity index (χ0n) is 10.6. The molecule has 0 aromatic heterocycles. The van der Waals surface area contributed by atoms with Gasteiger partial charge in [-0.3, -0.25) is 4.79 Å².